The molecule has 3 aromatic rings. The van der Waals surface area contributed by atoms with Gasteiger partial charge in [0.15, 0.2) is 0 Å². The average Bonchev–Trinajstić information content (AvgIpc) is 3.37. The quantitative estimate of drug-likeness (QED) is 0.527. The average molecular weight is 387 g/mol. The molecular weight excluding hydrogens is 366 g/mol. The van der Waals surface area contributed by atoms with Crippen LogP contribution in [-0.2, 0) is 12.8 Å². The third-order valence-electron chi connectivity index (χ3n) is 5.36. The molecule has 0 unspecified atom stereocenters. The van der Waals surface area contributed by atoms with E-state index in [0.29, 0.717) is 29.6 Å². The zero-order chi connectivity index (χ0) is 19.8. The molecule has 2 aliphatic rings. The Morgan fingerprint density at radius 1 is 1.03 bits per heavy atom. The number of carbonyl (C=O) groups excluding carboxylic acids is 1. The van der Waals surface area contributed by atoms with Crippen molar-refractivity contribution in [3.8, 4) is 0 Å². The summed E-state index contributed by atoms with van der Waals surface area (Å²) in [6.07, 6.45) is 4.94. The Balaban J connectivity index is 1.29. The molecule has 29 heavy (non-hydrogen) atoms. The molecule has 0 spiro atoms. The SMILES string of the molecule is N=C1c2ccoc2NCN1c1cccc(NC(=O)Nc2ccc3c(c2)CCC3)c1. The maximum Gasteiger partial charge on any atom is 0.323 e. The van der Waals surface area contributed by atoms with Gasteiger partial charge < -0.3 is 25.3 Å². The Labute approximate surface area is 168 Å². The molecule has 0 bridgehead atoms. The number of benzene rings is 2. The van der Waals surface area contributed by atoms with Crippen LogP contribution in [0.3, 0.4) is 0 Å². The van der Waals surface area contributed by atoms with E-state index in [4.69, 9.17) is 9.83 Å². The molecule has 7 nitrogen and oxygen atoms in total. The minimum absolute atomic E-state index is 0.288. The van der Waals surface area contributed by atoms with Crippen LogP contribution in [0.25, 0.3) is 0 Å². The maximum absolute atomic E-state index is 12.5. The number of hydrogen-bond donors (Lipinski definition) is 4. The Morgan fingerprint density at radius 3 is 2.76 bits per heavy atom. The van der Waals surface area contributed by atoms with Gasteiger partial charge in [0, 0.05) is 17.1 Å². The number of hydrogen-bond acceptors (Lipinski definition) is 4. The number of nitrogens with zero attached hydrogens (tertiary/aromatic N) is 1. The van der Waals surface area contributed by atoms with Crippen LogP contribution >= 0.6 is 0 Å². The molecular formula is C22H21N5O2. The van der Waals surface area contributed by atoms with Crippen molar-refractivity contribution < 1.29 is 9.21 Å². The summed E-state index contributed by atoms with van der Waals surface area (Å²) in [5.41, 5.74) is 5.68. The van der Waals surface area contributed by atoms with Gasteiger partial charge in [0.25, 0.3) is 0 Å². The van der Waals surface area contributed by atoms with E-state index in [-0.39, 0.29) is 6.03 Å². The van der Waals surface area contributed by atoms with Crippen LogP contribution in [0.2, 0.25) is 0 Å². The van der Waals surface area contributed by atoms with Gasteiger partial charge in [-0.25, -0.2) is 4.79 Å². The molecule has 2 aromatic carbocycles. The largest absolute Gasteiger partial charge is 0.448 e. The summed E-state index contributed by atoms with van der Waals surface area (Å²) in [7, 11) is 0. The zero-order valence-electron chi connectivity index (χ0n) is 15.8. The first-order valence-corrected chi connectivity index (χ1v) is 9.65. The first kappa shape index (κ1) is 17.4. The number of amidine groups is 1. The number of fused-ring (bicyclic) bond motifs is 2. The summed E-state index contributed by atoms with van der Waals surface area (Å²) in [5, 5.41) is 17.4. The highest BCUT2D eigenvalue weighted by molar-refractivity contribution is 6.12. The van der Waals surface area contributed by atoms with Crippen molar-refractivity contribution in [1.82, 2.24) is 0 Å². The predicted molar refractivity (Wildman–Crippen MR) is 114 cm³/mol. The van der Waals surface area contributed by atoms with E-state index in [9.17, 15) is 4.79 Å². The van der Waals surface area contributed by atoms with Gasteiger partial charge in [0.1, 0.15) is 5.84 Å². The number of rotatable bonds is 3. The topological polar surface area (TPSA) is 93.4 Å². The van der Waals surface area contributed by atoms with Gasteiger partial charge in [0.2, 0.25) is 5.88 Å². The van der Waals surface area contributed by atoms with Crippen molar-refractivity contribution >= 4 is 34.8 Å². The van der Waals surface area contributed by atoms with Gasteiger partial charge in [-0.1, -0.05) is 12.1 Å². The van der Waals surface area contributed by atoms with Crippen molar-refractivity contribution in [2.24, 2.45) is 0 Å². The highest BCUT2D eigenvalue weighted by atomic mass is 16.3. The van der Waals surface area contributed by atoms with Crippen LogP contribution in [-0.4, -0.2) is 18.5 Å². The van der Waals surface area contributed by atoms with E-state index in [1.807, 2.05) is 35.2 Å². The lowest BCUT2D eigenvalue weighted by atomic mass is 10.1. The molecule has 0 radical (unpaired) electrons. The van der Waals surface area contributed by atoms with Gasteiger partial charge in [-0.3, -0.25) is 5.41 Å². The summed E-state index contributed by atoms with van der Waals surface area (Å²) in [6.45, 7) is 0.421. The number of urea groups is 1. The number of anilines is 4. The van der Waals surface area contributed by atoms with E-state index in [1.165, 1.54) is 17.5 Å². The summed E-state index contributed by atoms with van der Waals surface area (Å²) >= 11 is 0. The lowest BCUT2D eigenvalue weighted by molar-refractivity contribution is 0.262. The number of amides is 2. The number of furan rings is 1. The van der Waals surface area contributed by atoms with Crippen LogP contribution in [0.15, 0.2) is 59.2 Å². The molecule has 1 aromatic heterocycles. The van der Waals surface area contributed by atoms with E-state index >= 15 is 0 Å². The molecule has 0 saturated heterocycles. The fourth-order valence-electron chi connectivity index (χ4n) is 3.92. The van der Waals surface area contributed by atoms with Crippen LogP contribution in [0.4, 0.5) is 27.7 Å². The first-order chi connectivity index (χ1) is 14.2. The Hall–Kier alpha value is -3.74. The van der Waals surface area contributed by atoms with Gasteiger partial charge >= 0.3 is 6.03 Å². The van der Waals surface area contributed by atoms with Crippen molar-refractivity contribution in [2.75, 3.05) is 27.5 Å². The van der Waals surface area contributed by atoms with E-state index in [1.54, 1.807) is 12.3 Å². The number of nitrogens with one attached hydrogen (secondary N) is 4. The van der Waals surface area contributed by atoms with Crippen LogP contribution in [0.1, 0.15) is 23.1 Å². The van der Waals surface area contributed by atoms with Gasteiger partial charge in [0.05, 0.1) is 18.5 Å². The number of carbonyl (C=O) groups is 1. The summed E-state index contributed by atoms with van der Waals surface area (Å²) in [5.74, 6) is 0.960. The monoisotopic (exact) mass is 387 g/mol. The minimum atomic E-state index is -0.288. The smallest absolute Gasteiger partial charge is 0.323 e. The molecule has 7 heteroatoms. The van der Waals surface area contributed by atoms with E-state index < -0.39 is 0 Å². The van der Waals surface area contributed by atoms with Gasteiger partial charge in [-0.05, 0) is 66.8 Å². The molecule has 1 aliphatic carbocycles. The number of aryl methyl sites for hydroxylation is 2. The standard InChI is InChI=1S/C22H21N5O2/c23-20-19-9-10-29-21(19)24-13-27(20)18-6-2-5-16(12-18)25-22(28)26-17-8-7-14-3-1-4-15(14)11-17/h2,5-12,23-24H,1,3-4,13H2,(H2,25,26,28). The second kappa shape index (κ2) is 7.01. The predicted octanol–water partition coefficient (Wildman–Crippen LogP) is 4.63. The Kier molecular flexibility index (Phi) is 4.20. The van der Waals surface area contributed by atoms with Crippen LogP contribution in [0.5, 0.6) is 0 Å². The van der Waals surface area contributed by atoms with Gasteiger partial charge in [-0.15, -0.1) is 0 Å². The third-order valence-corrected chi connectivity index (χ3v) is 5.36. The first-order valence-electron chi connectivity index (χ1n) is 9.65. The molecule has 5 rings (SSSR count). The summed E-state index contributed by atoms with van der Waals surface area (Å²) in [6, 6.07) is 15.0. The molecule has 1 aliphatic heterocycles. The van der Waals surface area contributed by atoms with Crippen molar-refractivity contribution in [3.05, 3.63) is 71.5 Å². The van der Waals surface area contributed by atoms with E-state index in [0.717, 1.165) is 24.2 Å². The lowest BCUT2D eigenvalue weighted by Crippen LogP contribution is -2.39. The van der Waals surface area contributed by atoms with Crippen molar-refractivity contribution in [1.29, 1.82) is 5.41 Å². The normalized spacial score (nSPS) is 14.8. The molecule has 2 heterocycles. The van der Waals surface area contributed by atoms with Crippen molar-refractivity contribution in [2.45, 2.75) is 19.3 Å². The minimum Gasteiger partial charge on any atom is -0.448 e. The second-order valence-corrected chi connectivity index (χ2v) is 7.24. The van der Waals surface area contributed by atoms with Gasteiger partial charge in [-0.2, -0.15) is 0 Å². The third kappa shape index (κ3) is 3.31. The summed E-state index contributed by atoms with van der Waals surface area (Å²) < 4.78 is 5.33. The Morgan fingerprint density at radius 2 is 1.86 bits per heavy atom. The maximum atomic E-state index is 12.5. The van der Waals surface area contributed by atoms with Crippen LogP contribution < -0.4 is 20.9 Å². The molecule has 4 N–H and O–H groups in total. The highest BCUT2D eigenvalue weighted by Gasteiger charge is 2.24. The Bertz CT molecular complexity index is 1100. The molecule has 0 fully saturated rings. The van der Waals surface area contributed by atoms with E-state index in [2.05, 4.69) is 28.1 Å². The van der Waals surface area contributed by atoms with Crippen LogP contribution in [0, 0.1) is 5.41 Å². The molecule has 0 saturated carbocycles. The highest BCUT2D eigenvalue weighted by Crippen LogP contribution is 2.29. The lowest BCUT2D eigenvalue weighted by Gasteiger charge is -2.29. The fourth-order valence-corrected chi connectivity index (χ4v) is 3.92. The zero-order valence-corrected chi connectivity index (χ0v) is 15.8. The molecule has 0 atom stereocenters. The molecule has 146 valence electrons. The molecule has 2 amide bonds. The fraction of sp³-hybridized carbons (Fsp3) is 0.182. The van der Waals surface area contributed by atoms with Crippen molar-refractivity contribution in [3.63, 3.8) is 0 Å². The second-order valence-electron chi connectivity index (χ2n) is 7.24. The summed E-state index contributed by atoms with van der Waals surface area (Å²) in [4.78, 5) is 14.3.